The lowest BCUT2D eigenvalue weighted by Gasteiger charge is -2.31. The van der Waals surface area contributed by atoms with Crippen molar-refractivity contribution in [1.29, 1.82) is 0 Å². The third-order valence-corrected chi connectivity index (χ3v) is 5.16. The Morgan fingerprint density at radius 3 is 3.00 bits per heavy atom. The molecule has 0 aliphatic carbocycles. The average molecular weight is 340 g/mol. The fourth-order valence-electron chi connectivity index (χ4n) is 3.29. The second-order valence-corrected chi connectivity index (χ2v) is 6.99. The van der Waals surface area contributed by atoms with Crippen LogP contribution in [0.5, 0.6) is 0 Å². The molecule has 0 amide bonds. The standard InChI is InChI=1S/C17H20N6S/c1-22-11-19-7-17(22)16-6-18-5-15(21-16)13-3-2-4-23(8-13)9-14-10-24-12-20-14/h5-7,10-13H,2-4,8-9H2,1H3/t13-/m0/s1. The van der Waals surface area contributed by atoms with E-state index in [4.69, 9.17) is 4.98 Å². The maximum absolute atomic E-state index is 4.87. The molecule has 0 saturated carbocycles. The molecule has 124 valence electrons. The SMILES string of the molecule is Cn1cncc1-c1cncc([C@H]2CCCN(Cc3cscn3)C2)n1. The van der Waals surface area contributed by atoms with E-state index in [9.17, 15) is 0 Å². The Balaban J connectivity index is 1.52. The van der Waals surface area contributed by atoms with Gasteiger partial charge in [-0.2, -0.15) is 0 Å². The molecule has 3 aromatic heterocycles. The third kappa shape index (κ3) is 3.22. The molecule has 1 fully saturated rings. The zero-order chi connectivity index (χ0) is 16.4. The lowest BCUT2D eigenvalue weighted by molar-refractivity contribution is 0.196. The molecule has 1 aliphatic rings. The second kappa shape index (κ2) is 6.78. The summed E-state index contributed by atoms with van der Waals surface area (Å²) < 4.78 is 1.98. The van der Waals surface area contributed by atoms with Gasteiger partial charge in [0.25, 0.3) is 0 Å². The van der Waals surface area contributed by atoms with Crippen molar-refractivity contribution in [3.05, 3.63) is 47.2 Å². The van der Waals surface area contributed by atoms with Crippen molar-refractivity contribution in [3.63, 3.8) is 0 Å². The highest BCUT2D eigenvalue weighted by atomic mass is 32.1. The van der Waals surface area contributed by atoms with Crippen LogP contribution in [0, 0.1) is 0 Å². The van der Waals surface area contributed by atoms with E-state index in [-0.39, 0.29) is 0 Å². The summed E-state index contributed by atoms with van der Waals surface area (Å²) in [4.78, 5) is 20.3. The summed E-state index contributed by atoms with van der Waals surface area (Å²) in [6, 6.07) is 0. The van der Waals surface area contributed by atoms with Gasteiger partial charge in [0.15, 0.2) is 0 Å². The number of likely N-dealkylation sites (tertiary alicyclic amines) is 1. The van der Waals surface area contributed by atoms with E-state index >= 15 is 0 Å². The molecule has 3 aromatic rings. The summed E-state index contributed by atoms with van der Waals surface area (Å²) in [5.74, 6) is 0.429. The number of aryl methyl sites for hydroxylation is 1. The van der Waals surface area contributed by atoms with Crippen LogP contribution in [0.1, 0.15) is 30.1 Å². The summed E-state index contributed by atoms with van der Waals surface area (Å²) in [6.07, 6.45) is 9.71. The van der Waals surface area contributed by atoms with Gasteiger partial charge < -0.3 is 4.57 Å². The maximum Gasteiger partial charge on any atom is 0.107 e. The van der Waals surface area contributed by atoms with Crippen molar-refractivity contribution in [2.24, 2.45) is 7.05 Å². The first-order chi connectivity index (χ1) is 11.8. The Kier molecular flexibility index (Phi) is 4.36. The van der Waals surface area contributed by atoms with Crippen LogP contribution in [0.3, 0.4) is 0 Å². The predicted octanol–water partition coefficient (Wildman–Crippen LogP) is 2.71. The highest BCUT2D eigenvalue weighted by molar-refractivity contribution is 7.07. The minimum atomic E-state index is 0.429. The number of rotatable bonds is 4. The van der Waals surface area contributed by atoms with Gasteiger partial charge in [0.05, 0.1) is 41.3 Å². The van der Waals surface area contributed by atoms with E-state index in [0.29, 0.717) is 5.92 Å². The first-order valence-electron chi connectivity index (χ1n) is 8.17. The zero-order valence-corrected chi connectivity index (χ0v) is 14.5. The van der Waals surface area contributed by atoms with Crippen LogP contribution < -0.4 is 0 Å². The van der Waals surface area contributed by atoms with Gasteiger partial charge in [-0.1, -0.05) is 0 Å². The largest absolute Gasteiger partial charge is 0.332 e. The fourth-order valence-corrected chi connectivity index (χ4v) is 3.84. The zero-order valence-electron chi connectivity index (χ0n) is 13.7. The first kappa shape index (κ1) is 15.4. The molecule has 0 bridgehead atoms. The molecule has 0 N–H and O–H groups in total. The van der Waals surface area contributed by atoms with Crippen LogP contribution in [0.15, 0.2) is 35.8 Å². The number of hydrogen-bond donors (Lipinski definition) is 0. The molecule has 0 unspecified atom stereocenters. The summed E-state index contributed by atoms with van der Waals surface area (Å²) in [5, 5.41) is 2.13. The monoisotopic (exact) mass is 340 g/mol. The predicted molar refractivity (Wildman–Crippen MR) is 93.6 cm³/mol. The Morgan fingerprint density at radius 1 is 1.25 bits per heavy atom. The van der Waals surface area contributed by atoms with Gasteiger partial charge in [0.1, 0.15) is 5.69 Å². The average Bonchev–Trinajstić information content (AvgIpc) is 3.27. The molecule has 24 heavy (non-hydrogen) atoms. The van der Waals surface area contributed by atoms with E-state index in [1.165, 1.54) is 6.42 Å². The molecule has 1 saturated heterocycles. The Morgan fingerprint density at radius 2 is 2.21 bits per heavy atom. The number of nitrogens with zero attached hydrogens (tertiary/aromatic N) is 6. The fraction of sp³-hybridized carbons (Fsp3) is 0.412. The topological polar surface area (TPSA) is 59.7 Å². The van der Waals surface area contributed by atoms with E-state index in [1.807, 2.05) is 35.7 Å². The Labute approximate surface area is 145 Å². The van der Waals surface area contributed by atoms with Gasteiger partial charge in [-0.15, -0.1) is 11.3 Å². The molecule has 0 spiro atoms. The van der Waals surface area contributed by atoms with Crippen molar-refractivity contribution in [2.75, 3.05) is 13.1 Å². The van der Waals surface area contributed by atoms with Crippen LogP contribution >= 0.6 is 11.3 Å². The van der Waals surface area contributed by atoms with Crippen molar-refractivity contribution < 1.29 is 0 Å². The Bertz CT molecular complexity index is 797. The van der Waals surface area contributed by atoms with Crippen LogP contribution in [-0.2, 0) is 13.6 Å². The Hall–Kier alpha value is -2.12. The third-order valence-electron chi connectivity index (χ3n) is 4.53. The van der Waals surface area contributed by atoms with Crippen LogP contribution in [0.4, 0.5) is 0 Å². The van der Waals surface area contributed by atoms with Crippen molar-refractivity contribution in [2.45, 2.75) is 25.3 Å². The molecule has 0 radical (unpaired) electrons. The van der Waals surface area contributed by atoms with E-state index < -0.39 is 0 Å². The molecule has 4 heterocycles. The van der Waals surface area contributed by atoms with Crippen LogP contribution in [-0.4, -0.2) is 42.5 Å². The van der Waals surface area contributed by atoms with E-state index in [0.717, 1.165) is 48.8 Å². The number of aromatic nitrogens is 5. The minimum absolute atomic E-state index is 0.429. The lowest BCUT2D eigenvalue weighted by Crippen LogP contribution is -2.34. The van der Waals surface area contributed by atoms with Crippen molar-refractivity contribution >= 4 is 11.3 Å². The summed E-state index contributed by atoms with van der Waals surface area (Å²) in [5.41, 5.74) is 6.04. The molecule has 6 nitrogen and oxygen atoms in total. The minimum Gasteiger partial charge on any atom is -0.332 e. The molecular weight excluding hydrogens is 320 g/mol. The summed E-state index contributed by atoms with van der Waals surface area (Å²) >= 11 is 1.66. The number of piperidine rings is 1. The van der Waals surface area contributed by atoms with E-state index in [1.54, 1.807) is 17.7 Å². The molecule has 1 aliphatic heterocycles. The van der Waals surface area contributed by atoms with Crippen molar-refractivity contribution in [1.82, 2.24) is 29.4 Å². The number of thiazole rings is 1. The summed E-state index contributed by atoms with van der Waals surface area (Å²) in [7, 11) is 1.98. The quantitative estimate of drug-likeness (QED) is 0.731. The molecular formula is C17H20N6S. The molecule has 7 heteroatoms. The van der Waals surface area contributed by atoms with Gasteiger partial charge in [0.2, 0.25) is 0 Å². The van der Waals surface area contributed by atoms with Gasteiger partial charge >= 0.3 is 0 Å². The van der Waals surface area contributed by atoms with Crippen molar-refractivity contribution in [3.8, 4) is 11.4 Å². The number of hydrogen-bond acceptors (Lipinski definition) is 6. The van der Waals surface area contributed by atoms with Gasteiger partial charge in [-0.3, -0.25) is 9.88 Å². The van der Waals surface area contributed by atoms with Crippen LogP contribution in [0.2, 0.25) is 0 Å². The normalized spacial score (nSPS) is 18.8. The van der Waals surface area contributed by atoms with Gasteiger partial charge in [0, 0.05) is 37.6 Å². The maximum atomic E-state index is 4.87. The summed E-state index contributed by atoms with van der Waals surface area (Å²) in [6.45, 7) is 3.07. The molecule has 0 aromatic carbocycles. The highest BCUT2D eigenvalue weighted by Gasteiger charge is 2.23. The molecule has 1 atom stereocenters. The van der Waals surface area contributed by atoms with E-state index in [2.05, 4.69) is 25.2 Å². The van der Waals surface area contributed by atoms with Gasteiger partial charge in [-0.25, -0.2) is 15.0 Å². The molecule has 4 rings (SSSR count). The first-order valence-corrected chi connectivity index (χ1v) is 9.12. The van der Waals surface area contributed by atoms with Gasteiger partial charge in [-0.05, 0) is 19.4 Å². The smallest absolute Gasteiger partial charge is 0.107 e. The highest BCUT2D eigenvalue weighted by Crippen LogP contribution is 2.27. The lowest BCUT2D eigenvalue weighted by atomic mass is 9.95. The number of imidazole rings is 1. The van der Waals surface area contributed by atoms with Crippen LogP contribution in [0.25, 0.3) is 11.4 Å². The second-order valence-electron chi connectivity index (χ2n) is 6.27.